The first-order valence-corrected chi connectivity index (χ1v) is 10.8. The number of hydrogen-bond acceptors (Lipinski definition) is 3. The third kappa shape index (κ3) is 5.51. The molecule has 0 atom stereocenters. The standard InChI is InChI=1S/C25H18BrClN2O2/c26-21-11-6-18(7-12-21)17-31-24(30)15-10-20-16-29(23-4-2-1-3-5-23)28-25(20)19-8-13-22(27)14-9-19/h1-16H,17H2. The van der Waals surface area contributed by atoms with Gasteiger partial charge in [0.2, 0.25) is 0 Å². The van der Waals surface area contributed by atoms with Crippen LogP contribution < -0.4 is 0 Å². The molecule has 4 aromatic rings. The summed E-state index contributed by atoms with van der Waals surface area (Å²) in [7, 11) is 0. The van der Waals surface area contributed by atoms with Crippen molar-refractivity contribution in [3.63, 3.8) is 0 Å². The molecule has 154 valence electrons. The largest absolute Gasteiger partial charge is 0.458 e. The summed E-state index contributed by atoms with van der Waals surface area (Å²) in [6.07, 6.45) is 5.03. The molecule has 3 aromatic carbocycles. The maximum Gasteiger partial charge on any atom is 0.331 e. The highest BCUT2D eigenvalue weighted by molar-refractivity contribution is 9.10. The Hall–Kier alpha value is -3.15. The molecular formula is C25H18BrClN2O2. The second-order valence-corrected chi connectivity index (χ2v) is 8.14. The van der Waals surface area contributed by atoms with E-state index in [9.17, 15) is 4.79 Å². The number of carbonyl (C=O) groups excluding carboxylic acids is 1. The van der Waals surface area contributed by atoms with Crippen molar-refractivity contribution in [2.75, 3.05) is 0 Å². The summed E-state index contributed by atoms with van der Waals surface area (Å²) in [5, 5.41) is 5.38. The molecule has 0 saturated heterocycles. The second kappa shape index (κ2) is 9.77. The molecule has 4 nitrogen and oxygen atoms in total. The van der Waals surface area contributed by atoms with E-state index in [-0.39, 0.29) is 6.61 Å². The Labute approximate surface area is 193 Å². The van der Waals surface area contributed by atoms with Crippen molar-refractivity contribution in [1.82, 2.24) is 9.78 Å². The van der Waals surface area contributed by atoms with Gasteiger partial charge < -0.3 is 4.74 Å². The zero-order valence-electron chi connectivity index (χ0n) is 16.4. The van der Waals surface area contributed by atoms with Crippen LogP contribution in [0.3, 0.4) is 0 Å². The maximum absolute atomic E-state index is 12.3. The smallest absolute Gasteiger partial charge is 0.331 e. The average Bonchev–Trinajstić information content (AvgIpc) is 3.23. The van der Waals surface area contributed by atoms with Gasteiger partial charge in [-0.2, -0.15) is 5.10 Å². The quantitative estimate of drug-likeness (QED) is 0.221. The van der Waals surface area contributed by atoms with Crippen LogP contribution in [0.1, 0.15) is 11.1 Å². The summed E-state index contributed by atoms with van der Waals surface area (Å²) in [6, 6.07) is 24.9. The van der Waals surface area contributed by atoms with Gasteiger partial charge in [-0.3, -0.25) is 0 Å². The minimum Gasteiger partial charge on any atom is -0.458 e. The van der Waals surface area contributed by atoms with Gasteiger partial charge in [-0.25, -0.2) is 9.48 Å². The van der Waals surface area contributed by atoms with E-state index in [1.54, 1.807) is 10.8 Å². The number of para-hydroxylation sites is 1. The molecule has 6 heteroatoms. The fraction of sp³-hybridized carbons (Fsp3) is 0.0400. The predicted octanol–water partition coefficient (Wildman–Crippen LogP) is 6.71. The van der Waals surface area contributed by atoms with Crippen molar-refractivity contribution in [1.29, 1.82) is 0 Å². The Balaban J connectivity index is 1.56. The van der Waals surface area contributed by atoms with E-state index in [2.05, 4.69) is 15.9 Å². The summed E-state index contributed by atoms with van der Waals surface area (Å²) in [4.78, 5) is 12.3. The van der Waals surface area contributed by atoms with Gasteiger partial charge in [-0.15, -0.1) is 0 Å². The summed E-state index contributed by atoms with van der Waals surface area (Å²) in [6.45, 7) is 0.212. The number of esters is 1. The highest BCUT2D eigenvalue weighted by atomic mass is 79.9. The number of halogens is 2. The van der Waals surface area contributed by atoms with Crippen molar-refractivity contribution in [2.45, 2.75) is 6.61 Å². The highest BCUT2D eigenvalue weighted by Gasteiger charge is 2.11. The van der Waals surface area contributed by atoms with E-state index in [1.807, 2.05) is 85.1 Å². The van der Waals surface area contributed by atoms with Gasteiger partial charge in [0.15, 0.2) is 0 Å². The van der Waals surface area contributed by atoms with Gasteiger partial charge in [0.05, 0.1) is 11.4 Å². The van der Waals surface area contributed by atoms with Crippen molar-refractivity contribution >= 4 is 39.6 Å². The van der Waals surface area contributed by atoms with Crippen molar-refractivity contribution in [3.8, 4) is 16.9 Å². The van der Waals surface area contributed by atoms with E-state index in [0.29, 0.717) is 5.02 Å². The van der Waals surface area contributed by atoms with Crippen LogP contribution in [0.25, 0.3) is 23.0 Å². The van der Waals surface area contributed by atoms with E-state index in [0.717, 1.165) is 32.5 Å². The number of rotatable bonds is 6. The van der Waals surface area contributed by atoms with E-state index >= 15 is 0 Å². The molecule has 0 aliphatic carbocycles. The Morgan fingerprint density at radius 3 is 2.42 bits per heavy atom. The van der Waals surface area contributed by atoms with Crippen LogP contribution in [-0.4, -0.2) is 15.7 Å². The molecule has 4 rings (SSSR count). The van der Waals surface area contributed by atoms with Gasteiger partial charge in [0.25, 0.3) is 0 Å². The first-order valence-electron chi connectivity index (χ1n) is 9.59. The topological polar surface area (TPSA) is 44.1 Å². The van der Waals surface area contributed by atoms with Crippen LogP contribution in [0, 0.1) is 0 Å². The lowest BCUT2D eigenvalue weighted by Crippen LogP contribution is -2.00. The van der Waals surface area contributed by atoms with Crippen LogP contribution in [0.15, 0.2) is 95.6 Å². The third-order valence-corrected chi connectivity index (χ3v) is 5.35. The number of aromatic nitrogens is 2. The molecule has 0 N–H and O–H groups in total. The highest BCUT2D eigenvalue weighted by Crippen LogP contribution is 2.26. The number of nitrogens with zero attached hydrogens (tertiary/aromatic N) is 2. The van der Waals surface area contributed by atoms with Gasteiger partial charge in [0.1, 0.15) is 6.61 Å². The zero-order valence-corrected chi connectivity index (χ0v) is 18.8. The monoisotopic (exact) mass is 492 g/mol. The van der Waals surface area contributed by atoms with Crippen molar-refractivity contribution in [2.24, 2.45) is 0 Å². The summed E-state index contributed by atoms with van der Waals surface area (Å²) in [5.41, 5.74) is 4.30. The number of carbonyl (C=O) groups is 1. The molecule has 0 unspecified atom stereocenters. The molecule has 0 aliphatic rings. The lowest BCUT2D eigenvalue weighted by atomic mass is 10.1. The Kier molecular flexibility index (Phi) is 6.65. The number of benzene rings is 3. The Bertz CT molecular complexity index is 1200. The molecular weight excluding hydrogens is 476 g/mol. The fourth-order valence-corrected chi connectivity index (χ4v) is 3.39. The van der Waals surface area contributed by atoms with Gasteiger partial charge >= 0.3 is 5.97 Å². The predicted molar refractivity (Wildman–Crippen MR) is 127 cm³/mol. The molecule has 31 heavy (non-hydrogen) atoms. The Morgan fingerprint density at radius 2 is 1.71 bits per heavy atom. The van der Waals surface area contributed by atoms with Crippen LogP contribution in [0.2, 0.25) is 5.02 Å². The molecule has 0 saturated carbocycles. The SMILES string of the molecule is O=C(C=Cc1cn(-c2ccccc2)nc1-c1ccc(Cl)cc1)OCc1ccc(Br)cc1. The summed E-state index contributed by atoms with van der Waals surface area (Å²) >= 11 is 9.42. The maximum atomic E-state index is 12.3. The van der Waals surface area contributed by atoms with E-state index in [1.165, 1.54) is 6.08 Å². The molecule has 1 heterocycles. The lowest BCUT2D eigenvalue weighted by Gasteiger charge is -2.02. The summed E-state index contributed by atoms with van der Waals surface area (Å²) in [5.74, 6) is -0.419. The Morgan fingerprint density at radius 1 is 1.00 bits per heavy atom. The molecule has 0 fully saturated rings. The number of ether oxygens (including phenoxy) is 1. The van der Waals surface area contributed by atoms with Crippen LogP contribution >= 0.6 is 27.5 Å². The van der Waals surface area contributed by atoms with Crippen LogP contribution in [0.5, 0.6) is 0 Å². The lowest BCUT2D eigenvalue weighted by molar-refractivity contribution is -0.138. The molecule has 0 radical (unpaired) electrons. The van der Waals surface area contributed by atoms with Gasteiger partial charge in [0, 0.05) is 32.9 Å². The molecule has 0 amide bonds. The van der Waals surface area contributed by atoms with Crippen LogP contribution in [-0.2, 0) is 16.1 Å². The zero-order chi connectivity index (χ0) is 21.6. The van der Waals surface area contributed by atoms with E-state index in [4.69, 9.17) is 21.4 Å². The van der Waals surface area contributed by atoms with Gasteiger partial charge in [-0.1, -0.05) is 70.0 Å². The normalized spacial score (nSPS) is 11.0. The summed E-state index contributed by atoms with van der Waals surface area (Å²) < 4.78 is 8.12. The second-order valence-electron chi connectivity index (χ2n) is 6.79. The van der Waals surface area contributed by atoms with E-state index < -0.39 is 5.97 Å². The number of hydrogen-bond donors (Lipinski definition) is 0. The van der Waals surface area contributed by atoms with Gasteiger partial charge in [-0.05, 0) is 48.0 Å². The van der Waals surface area contributed by atoms with Crippen molar-refractivity contribution in [3.05, 3.63) is 112 Å². The van der Waals surface area contributed by atoms with Crippen molar-refractivity contribution < 1.29 is 9.53 Å². The molecule has 0 bridgehead atoms. The fourth-order valence-electron chi connectivity index (χ4n) is 3.00. The molecule has 0 spiro atoms. The third-order valence-electron chi connectivity index (χ3n) is 4.57. The first-order chi connectivity index (χ1) is 15.1. The minimum atomic E-state index is -0.419. The average molecular weight is 494 g/mol. The molecule has 1 aromatic heterocycles. The minimum absolute atomic E-state index is 0.212. The first kappa shape index (κ1) is 21.1. The van der Waals surface area contributed by atoms with Crippen LogP contribution in [0.4, 0.5) is 0 Å². The molecule has 0 aliphatic heterocycles.